The van der Waals surface area contributed by atoms with E-state index in [-0.39, 0.29) is 0 Å². The average molecular weight is 255 g/mol. The third-order valence-electron chi connectivity index (χ3n) is 2.82. The lowest BCUT2D eigenvalue weighted by Crippen LogP contribution is -2.47. The van der Waals surface area contributed by atoms with Crippen molar-refractivity contribution in [2.75, 3.05) is 0 Å². The van der Waals surface area contributed by atoms with Crippen LogP contribution in [0, 0.1) is 20.8 Å². The first kappa shape index (κ1) is 14.2. The molecule has 0 aliphatic heterocycles. The molecule has 2 atom stereocenters. The molecule has 1 heterocycles. The molecule has 1 amide bonds. The predicted octanol–water partition coefficient (Wildman–Crippen LogP) is 0.769. The number of aliphatic carboxylic acids is 1. The van der Waals surface area contributed by atoms with Gasteiger partial charge in [-0.1, -0.05) is 0 Å². The van der Waals surface area contributed by atoms with Crippen molar-refractivity contribution in [1.29, 1.82) is 0 Å². The number of carboxylic acids is 1. The topological polar surface area (TPSA) is 99.8 Å². The van der Waals surface area contributed by atoms with Gasteiger partial charge in [0.15, 0.2) is 6.04 Å². The van der Waals surface area contributed by atoms with Crippen molar-refractivity contribution < 1.29 is 24.2 Å². The van der Waals surface area contributed by atoms with Gasteiger partial charge in [-0.2, -0.15) is 0 Å². The molecule has 6 nitrogen and oxygen atoms in total. The van der Waals surface area contributed by atoms with Crippen LogP contribution in [-0.2, 0) is 4.79 Å². The van der Waals surface area contributed by atoms with Gasteiger partial charge < -0.3 is 19.9 Å². The fraction of sp³-hybridized carbons (Fsp3) is 0.500. The maximum absolute atomic E-state index is 12.0. The van der Waals surface area contributed by atoms with Crippen molar-refractivity contribution in [2.24, 2.45) is 0 Å². The summed E-state index contributed by atoms with van der Waals surface area (Å²) in [7, 11) is 0. The van der Waals surface area contributed by atoms with Crippen LogP contribution in [0.3, 0.4) is 0 Å². The van der Waals surface area contributed by atoms with Crippen LogP contribution in [0.1, 0.15) is 34.4 Å². The Morgan fingerprint density at radius 1 is 1.22 bits per heavy atom. The summed E-state index contributed by atoms with van der Waals surface area (Å²) in [5.41, 5.74) is 0.985. The molecule has 0 aromatic carbocycles. The smallest absolute Gasteiger partial charge is 0.328 e. The monoisotopic (exact) mass is 255 g/mol. The summed E-state index contributed by atoms with van der Waals surface area (Å²) >= 11 is 0. The summed E-state index contributed by atoms with van der Waals surface area (Å²) in [6.45, 7) is 6.38. The number of aliphatic hydroxyl groups is 1. The minimum absolute atomic E-state index is 0.319. The number of aliphatic hydroxyl groups excluding tert-OH is 1. The molecule has 18 heavy (non-hydrogen) atoms. The molecule has 1 aromatic rings. The van der Waals surface area contributed by atoms with Gasteiger partial charge in [-0.3, -0.25) is 4.79 Å². The van der Waals surface area contributed by atoms with Crippen molar-refractivity contribution in [2.45, 2.75) is 39.8 Å². The Morgan fingerprint density at radius 3 is 2.11 bits per heavy atom. The van der Waals surface area contributed by atoms with Crippen molar-refractivity contribution >= 4 is 11.9 Å². The second-order valence-electron chi connectivity index (χ2n) is 4.24. The Kier molecular flexibility index (Phi) is 4.13. The van der Waals surface area contributed by atoms with Gasteiger partial charge in [0.05, 0.1) is 11.7 Å². The lowest BCUT2D eigenvalue weighted by atomic mass is 10.1. The number of hydrogen-bond acceptors (Lipinski definition) is 4. The summed E-state index contributed by atoms with van der Waals surface area (Å²) in [4.78, 5) is 22.9. The van der Waals surface area contributed by atoms with Gasteiger partial charge in [-0.25, -0.2) is 4.79 Å². The van der Waals surface area contributed by atoms with E-state index in [2.05, 4.69) is 5.32 Å². The molecule has 0 bridgehead atoms. The number of aryl methyl sites for hydroxylation is 2. The molecular weight excluding hydrogens is 238 g/mol. The summed E-state index contributed by atoms with van der Waals surface area (Å²) in [6.07, 6.45) is -1.18. The van der Waals surface area contributed by atoms with Crippen molar-refractivity contribution in [3.05, 3.63) is 22.6 Å². The molecule has 0 saturated carbocycles. The first-order chi connectivity index (χ1) is 8.25. The Hall–Kier alpha value is -1.82. The van der Waals surface area contributed by atoms with Crippen molar-refractivity contribution in [3.63, 3.8) is 0 Å². The van der Waals surface area contributed by atoms with E-state index in [1.165, 1.54) is 6.92 Å². The van der Waals surface area contributed by atoms with E-state index in [0.717, 1.165) is 0 Å². The molecule has 0 radical (unpaired) electrons. The number of carboxylic acid groups (broad SMARTS) is 1. The summed E-state index contributed by atoms with van der Waals surface area (Å²) in [6, 6.07) is -1.34. The molecule has 0 saturated heterocycles. The molecule has 0 fully saturated rings. The minimum atomic E-state index is -1.34. The highest BCUT2D eigenvalue weighted by Gasteiger charge is 2.28. The van der Waals surface area contributed by atoms with E-state index in [9.17, 15) is 14.7 Å². The number of amides is 1. The van der Waals surface area contributed by atoms with E-state index in [0.29, 0.717) is 22.6 Å². The Labute approximate surface area is 105 Å². The zero-order valence-electron chi connectivity index (χ0n) is 10.8. The van der Waals surface area contributed by atoms with Crippen molar-refractivity contribution in [1.82, 2.24) is 5.32 Å². The quantitative estimate of drug-likeness (QED) is 0.737. The molecular formula is C12H17NO5. The zero-order valence-corrected chi connectivity index (χ0v) is 10.8. The largest absolute Gasteiger partial charge is 0.480 e. The number of carbonyl (C=O) groups is 2. The summed E-state index contributed by atoms with van der Waals surface area (Å²) < 4.78 is 5.30. The molecule has 0 aliphatic carbocycles. The zero-order chi connectivity index (χ0) is 14.0. The second kappa shape index (κ2) is 5.22. The maximum Gasteiger partial charge on any atom is 0.328 e. The molecule has 100 valence electrons. The minimum Gasteiger partial charge on any atom is -0.480 e. The number of rotatable bonds is 4. The van der Waals surface area contributed by atoms with E-state index in [1.54, 1.807) is 20.8 Å². The predicted molar refractivity (Wildman–Crippen MR) is 63.5 cm³/mol. The third kappa shape index (κ3) is 2.70. The SMILES string of the molecule is Cc1oc(C)c(C(=O)NC(C(=O)O)C(C)O)c1C. The molecule has 3 N–H and O–H groups in total. The number of carbonyl (C=O) groups excluding carboxylic acids is 1. The van der Waals surface area contributed by atoms with E-state index in [1.807, 2.05) is 0 Å². The lowest BCUT2D eigenvalue weighted by molar-refractivity contribution is -0.141. The molecule has 2 unspecified atom stereocenters. The maximum atomic E-state index is 12.0. The Bertz CT molecular complexity index is 475. The van der Waals surface area contributed by atoms with Crippen LogP contribution in [0.25, 0.3) is 0 Å². The standard InChI is InChI=1S/C12H17NO5/c1-5-7(3)18-8(4)9(5)11(15)13-10(6(2)14)12(16)17/h6,10,14H,1-4H3,(H,13,15)(H,16,17). The fourth-order valence-corrected chi connectivity index (χ4v) is 1.73. The number of furan rings is 1. The van der Waals surface area contributed by atoms with Gasteiger partial charge in [0.1, 0.15) is 11.5 Å². The normalized spacial score (nSPS) is 14.1. The van der Waals surface area contributed by atoms with E-state index < -0.39 is 24.0 Å². The van der Waals surface area contributed by atoms with E-state index in [4.69, 9.17) is 9.52 Å². The van der Waals surface area contributed by atoms with Gasteiger partial charge in [-0.05, 0) is 27.7 Å². The number of nitrogens with one attached hydrogen (secondary N) is 1. The van der Waals surface area contributed by atoms with Crippen LogP contribution in [0.4, 0.5) is 0 Å². The first-order valence-electron chi connectivity index (χ1n) is 5.54. The van der Waals surface area contributed by atoms with E-state index >= 15 is 0 Å². The number of hydrogen-bond donors (Lipinski definition) is 3. The first-order valence-corrected chi connectivity index (χ1v) is 5.54. The molecule has 6 heteroatoms. The Balaban J connectivity index is 2.98. The van der Waals surface area contributed by atoms with Gasteiger partial charge in [0, 0.05) is 5.56 Å². The van der Waals surface area contributed by atoms with Crippen molar-refractivity contribution in [3.8, 4) is 0 Å². The Morgan fingerprint density at radius 2 is 1.78 bits per heavy atom. The molecule has 1 aromatic heterocycles. The van der Waals surface area contributed by atoms with Crippen LogP contribution in [0.5, 0.6) is 0 Å². The van der Waals surface area contributed by atoms with Gasteiger partial charge in [-0.15, -0.1) is 0 Å². The van der Waals surface area contributed by atoms with Gasteiger partial charge in [0.2, 0.25) is 0 Å². The average Bonchev–Trinajstić information content (AvgIpc) is 2.48. The van der Waals surface area contributed by atoms with Crippen LogP contribution in [-0.4, -0.2) is 34.2 Å². The van der Waals surface area contributed by atoms with Crippen LogP contribution >= 0.6 is 0 Å². The summed E-state index contributed by atoms with van der Waals surface area (Å²) in [5.74, 6) is -0.803. The third-order valence-corrected chi connectivity index (χ3v) is 2.82. The van der Waals surface area contributed by atoms with Crippen LogP contribution < -0.4 is 5.32 Å². The molecule has 0 spiro atoms. The van der Waals surface area contributed by atoms with Gasteiger partial charge >= 0.3 is 5.97 Å². The second-order valence-corrected chi connectivity index (χ2v) is 4.24. The summed E-state index contributed by atoms with van der Waals surface area (Å²) in [5, 5.41) is 20.5. The van der Waals surface area contributed by atoms with Crippen LogP contribution in [0.2, 0.25) is 0 Å². The highest BCUT2D eigenvalue weighted by atomic mass is 16.4. The highest BCUT2D eigenvalue weighted by molar-refractivity contribution is 5.99. The highest BCUT2D eigenvalue weighted by Crippen LogP contribution is 2.20. The fourth-order valence-electron chi connectivity index (χ4n) is 1.73. The van der Waals surface area contributed by atoms with Crippen LogP contribution in [0.15, 0.2) is 4.42 Å². The lowest BCUT2D eigenvalue weighted by Gasteiger charge is -2.17. The molecule has 1 rings (SSSR count). The molecule has 0 aliphatic rings. The van der Waals surface area contributed by atoms with Gasteiger partial charge in [0.25, 0.3) is 5.91 Å².